The number of ether oxygens (including phenoxy) is 1. The van der Waals surface area contributed by atoms with E-state index in [2.05, 4.69) is 9.88 Å². The molecule has 1 aromatic carbocycles. The Morgan fingerprint density at radius 1 is 1.29 bits per heavy atom. The molecule has 1 aliphatic heterocycles. The van der Waals surface area contributed by atoms with Crippen LogP contribution in [0.3, 0.4) is 0 Å². The highest BCUT2D eigenvalue weighted by Gasteiger charge is 2.17. The molecule has 1 aromatic heterocycles. The molecule has 0 saturated carbocycles. The van der Waals surface area contributed by atoms with Crippen LogP contribution in [0.5, 0.6) is 0 Å². The van der Waals surface area contributed by atoms with E-state index in [0.717, 1.165) is 48.7 Å². The number of fused-ring (bicyclic) bond motifs is 1. The maximum absolute atomic E-state index is 5.85. The highest BCUT2D eigenvalue weighted by atomic mass is 16.5. The van der Waals surface area contributed by atoms with E-state index >= 15 is 0 Å². The number of anilines is 2. The van der Waals surface area contributed by atoms with Crippen LogP contribution in [-0.2, 0) is 4.74 Å². The highest BCUT2D eigenvalue weighted by molar-refractivity contribution is 5.80. The van der Waals surface area contributed by atoms with Gasteiger partial charge in [-0.3, -0.25) is 0 Å². The third-order valence-electron chi connectivity index (χ3n) is 3.05. The second-order valence-electron chi connectivity index (χ2n) is 4.27. The number of benzene rings is 1. The highest BCUT2D eigenvalue weighted by Crippen LogP contribution is 2.26. The summed E-state index contributed by atoms with van der Waals surface area (Å²) in [6, 6.07) is 4.45. The van der Waals surface area contributed by atoms with Crippen molar-refractivity contribution in [2.75, 3.05) is 36.9 Å². The number of oxazole rings is 1. The number of aromatic nitrogens is 1. The number of nitrogens with zero attached hydrogens (tertiary/aromatic N) is 2. The van der Waals surface area contributed by atoms with Crippen molar-refractivity contribution in [2.24, 2.45) is 0 Å². The summed E-state index contributed by atoms with van der Waals surface area (Å²) in [6.07, 6.45) is 0. The smallest absolute Gasteiger partial charge is 0.298 e. The van der Waals surface area contributed by atoms with Gasteiger partial charge in [0.2, 0.25) is 0 Å². The fourth-order valence-electron chi connectivity index (χ4n) is 1.97. The van der Waals surface area contributed by atoms with Gasteiger partial charge in [0.25, 0.3) is 6.01 Å². The lowest BCUT2D eigenvalue weighted by molar-refractivity contribution is 0.120. The van der Waals surface area contributed by atoms with E-state index in [1.54, 1.807) is 0 Å². The third-order valence-corrected chi connectivity index (χ3v) is 3.05. The van der Waals surface area contributed by atoms with E-state index < -0.39 is 0 Å². The molecular formula is C12H15N3O2. The average Bonchev–Trinajstić information content (AvgIpc) is 2.74. The number of nitrogen functional groups attached to an aromatic ring is 1. The van der Waals surface area contributed by atoms with Crippen LogP contribution in [0.25, 0.3) is 11.1 Å². The number of rotatable bonds is 1. The number of morpholine rings is 1. The van der Waals surface area contributed by atoms with Crippen molar-refractivity contribution in [1.29, 1.82) is 0 Å². The SMILES string of the molecule is Cc1cc2nc(N3CCOCC3)oc2cc1N. The van der Waals surface area contributed by atoms with E-state index in [4.69, 9.17) is 14.9 Å². The summed E-state index contributed by atoms with van der Waals surface area (Å²) in [5, 5.41) is 0. The standard InChI is InChI=1S/C12H15N3O2/c1-8-6-10-11(7-9(8)13)17-12(14-10)15-2-4-16-5-3-15/h6-7H,2-5,13H2,1H3. The van der Waals surface area contributed by atoms with Crippen molar-refractivity contribution in [2.45, 2.75) is 6.92 Å². The zero-order valence-electron chi connectivity index (χ0n) is 9.77. The van der Waals surface area contributed by atoms with Crippen molar-refractivity contribution < 1.29 is 9.15 Å². The molecule has 2 aromatic rings. The average molecular weight is 233 g/mol. The summed E-state index contributed by atoms with van der Waals surface area (Å²) in [6.45, 7) is 5.06. The van der Waals surface area contributed by atoms with Gasteiger partial charge in [0.1, 0.15) is 5.52 Å². The molecule has 90 valence electrons. The normalized spacial score (nSPS) is 16.6. The minimum atomic E-state index is 0.660. The van der Waals surface area contributed by atoms with E-state index in [9.17, 15) is 0 Å². The van der Waals surface area contributed by atoms with E-state index in [1.165, 1.54) is 0 Å². The van der Waals surface area contributed by atoms with Gasteiger partial charge in [0.15, 0.2) is 5.58 Å². The molecule has 0 bridgehead atoms. The predicted octanol–water partition coefficient (Wildman–Crippen LogP) is 1.56. The first-order valence-electron chi connectivity index (χ1n) is 5.73. The fourth-order valence-corrected chi connectivity index (χ4v) is 1.97. The topological polar surface area (TPSA) is 64.5 Å². The van der Waals surface area contributed by atoms with Gasteiger partial charge in [-0.1, -0.05) is 0 Å². The Labute approximate surface area is 99.2 Å². The van der Waals surface area contributed by atoms with Gasteiger partial charge in [0.05, 0.1) is 13.2 Å². The van der Waals surface area contributed by atoms with Gasteiger partial charge >= 0.3 is 0 Å². The lowest BCUT2D eigenvalue weighted by Crippen LogP contribution is -2.36. The monoisotopic (exact) mass is 233 g/mol. The maximum Gasteiger partial charge on any atom is 0.298 e. The van der Waals surface area contributed by atoms with Crippen LogP contribution >= 0.6 is 0 Å². The second-order valence-corrected chi connectivity index (χ2v) is 4.27. The maximum atomic E-state index is 5.85. The molecule has 0 radical (unpaired) electrons. The van der Waals surface area contributed by atoms with Crippen molar-refractivity contribution in [3.8, 4) is 0 Å². The lowest BCUT2D eigenvalue weighted by atomic mass is 10.2. The molecule has 1 aliphatic rings. The van der Waals surface area contributed by atoms with Crippen molar-refractivity contribution in [1.82, 2.24) is 4.98 Å². The quantitative estimate of drug-likeness (QED) is 0.757. The first-order valence-corrected chi connectivity index (χ1v) is 5.73. The third kappa shape index (κ3) is 1.82. The lowest BCUT2D eigenvalue weighted by Gasteiger charge is -2.24. The van der Waals surface area contributed by atoms with E-state index in [0.29, 0.717) is 6.01 Å². The first-order chi connectivity index (χ1) is 8.24. The molecule has 2 heterocycles. The van der Waals surface area contributed by atoms with Crippen LogP contribution in [0.4, 0.5) is 11.7 Å². The number of hydrogen-bond acceptors (Lipinski definition) is 5. The van der Waals surface area contributed by atoms with Gasteiger partial charge in [-0.25, -0.2) is 0 Å². The number of aryl methyl sites for hydroxylation is 1. The molecule has 0 spiro atoms. The Balaban J connectivity index is 2.00. The molecule has 2 N–H and O–H groups in total. The van der Waals surface area contributed by atoms with Crippen molar-refractivity contribution in [3.63, 3.8) is 0 Å². The second kappa shape index (κ2) is 3.92. The van der Waals surface area contributed by atoms with Gasteiger partial charge in [-0.2, -0.15) is 4.98 Å². The minimum absolute atomic E-state index is 0.660. The molecule has 0 amide bonds. The summed E-state index contributed by atoms with van der Waals surface area (Å²) in [5.74, 6) is 0. The minimum Gasteiger partial charge on any atom is -0.423 e. The summed E-state index contributed by atoms with van der Waals surface area (Å²) in [4.78, 5) is 6.58. The molecule has 0 aliphatic carbocycles. The Morgan fingerprint density at radius 3 is 2.82 bits per heavy atom. The Bertz CT molecular complexity index is 505. The van der Waals surface area contributed by atoms with Gasteiger partial charge in [0, 0.05) is 24.8 Å². The molecular weight excluding hydrogens is 218 g/mol. The molecule has 1 saturated heterocycles. The first kappa shape index (κ1) is 10.4. The van der Waals surface area contributed by atoms with E-state index in [-0.39, 0.29) is 0 Å². The summed E-state index contributed by atoms with van der Waals surface area (Å²) < 4.78 is 11.0. The zero-order chi connectivity index (χ0) is 11.8. The Morgan fingerprint density at radius 2 is 2.06 bits per heavy atom. The molecule has 1 fully saturated rings. The van der Waals surface area contributed by atoms with Crippen LogP contribution in [-0.4, -0.2) is 31.3 Å². The molecule has 0 atom stereocenters. The van der Waals surface area contributed by atoms with Gasteiger partial charge in [-0.05, 0) is 18.6 Å². The van der Waals surface area contributed by atoms with Crippen LogP contribution < -0.4 is 10.6 Å². The van der Waals surface area contributed by atoms with Crippen LogP contribution in [0.1, 0.15) is 5.56 Å². The van der Waals surface area contributed by atoms with Crippen molar-refractivity contribution in [3.05, 3.63) is 17.7 Å². The molecule has 5 nitrogen and oxygen atoms in total. The van der Waals surface area contributed by atoms with Gasteiger partial charge in [-0.15, -0.1) is 0 Å². The van der Waals surface area contributed by atoms with Crippen LogP contribution in [0, 0.1) is 6.92 Å². The molecule has 3 rings (SSSR count). The van der Waals surface area contributed by atoms with Crippen molar-refractivity contribution >= 4 is 22.8 Å². The predicted molar refractivity (Wildman–Crippen MR) is 66.2 cm³/mol. The largest absolute Gasteiger partial charge is 0.423 e. The summed E-state index contributed by atoms with van der Waals surface area (Å²) in [7, 11) is 0. The molecule has 17 heavy (non-hydrogen) atoms. The Kier molecular flexibility index (Phi) is 2.40. The fraction of sp³-hybridized carbons (Fsp3) is 0.417. The summed E-state index contributed by atoms with van der Waals surface area (Å²) >= 11 is 0. The number of hydrogen-bond donors (Lipinski definition) is 1. The van der Waals surface area contributed by atoms with Crippen LogP contribution in [0.15, 0.2) is 16.5 Å². The number of nitrogens with two attached hydrogens (primary N) is 1. The van der Waals surface area contributed by atoms with Crippen LogP contribution in [0.2, 0.25) is 0 Å². The Hall–Kier alpha value is -1.75. The molecule has 0 unspecified atom stereocenters. The van der Waals surface area contributed by atoms with Gasteiger partial charge < -0.3 is 19.8 Å². The zero-order valence-corrected chi connectivity index (χ0v) is 9.77. The molecule has 5 heteroatoms. The van der Waals surface area contributed by atoms with E-state index in [1.807, 2.05) is 19.1 Å². The summed E-state index contributed by atoms with van der Waals surface area (Å²) in [5.41, 5.74) is 9.22.